The van der Waals surface area contributed by atoms with Crippen LogP contribution in [0.15, 0.2) is 79.0 Å². The zero-order valence-corrected chi connectivity index (χ0v) is 17.6. The van der Waals surface area contributed by atoms with E-state index in [4.69, 9.17) is 9.47 Å². The molecule has 1 N–H and O–H groups in total. The second-order valence-electron chi connectivity index (χ2n) is 7.28. The third kappa shape index (κ3) is 4.14. The van der Waals surface area contributed by atoms with Gasteiger partial charge in [-0.1, -0.05) is 36.4 Å². The molecule has 0 radical (unpaired) electrons. The van der Waals surface area contributed by atoms with E-state index in [1.165, 1.54) is 16.5 Å². The number of hydrogen-bond donors (Lipinski definition) is 1. The van der Waals surface area contributed by atoms with Crippen LogP contribution in [0.5, 0.6) is 11.5 Å². The number of aromatic nitrogens is 1. The molecule has 152 valence electrons. The van der Waals surface area contributed by atoms with Crippen LogP contribution in [-0.4, -0.2) is 19.2 Å². The summed E-state index contributed by atoms with van der Waals surface area (Å²) in [4.78, 5) is 4.47. The molecule has 4 rings (SSSR count). The van der Waals surface area contributed by atoms with Gasteiger partial charge in [-0.05, 0) is 60.0 Å². The Kier molecular flexibility index (Phi) is 5.96. The number of ether oxygens (including phenoxy) is 2. The number of benzene rings is 3. The van der Waals surface area contributed by atoms with Gasteiger partial charge in [0.05, 0.1) is 19.7 Å². The Labute approximate surface area is 177 Å². The molecule has 0 saturated heterocycles. The average Bonchev–Trinajstić information content (AvgIpc) is 2.82. The highest BCUT2D eigenvalue weighted by molar-refractivity contribution is 5.82. The normalized spacial score (nSPS) is 12.0. The lowest BCUT2D eigenvalue weighted by molar-refractivity contribution is 0.414. The Hall–Kier alpha value is -3.37. The molecule has 0 spiro atoms. The highest BCUT2D eigenvalue weighted by Gasteiger charge is 2.11. The van der Waals surface area contributed by atoms with E-state index >= 15 is 0 Å². The molecule has 0 fully saturated rings. The smallest absolute Gasteiger partial charge is 0.126 e. The van der Waals surface area contributed by atoms with Crippen molar-refractivity contribution in [1.29, 1.82) is 0 Å². The first kappa shape index (κ1) is 19.9. The molecule has 0 saturated carbocycles. The molecular weight excluding hydrogens is 372 g/mol. The minimum Gasteiger partial charge on any atom is -0.497 e. The van der Waals surface area contributed by atoms with Crippen molar-refractivity contribution < 1.29 is 9.47 Å². The SMILES string of the molecule is COc1ccc(-c2cc(CNC(C)c3cccc4ncccc34)ccc2OC)cc1. The summed E-state index contributed by atoms with van der Waals surface area (Å²) in [7, 11) is 3.38. The first-order valence-corrected chi connectivity index (χ1v) is 10.1. The van der Waals surface area contributed by atoms with E-state index in [-0.39, 0.29) is 6.04 Å². The predicted molar refractivity (Wildman–Crippen MR) is 122 cm³/mol. The Morgan fingerprint density at radius 2 is 1.73 bits per heavy atom. The van der Waals surface area contributed by atoms with Gasteiger partial charge in [-0.25, -0.2) is 0 Å². The largest absolute Gasteiger partial charge is 0.497 e. The van der Waals surface area contributed by atoms with Crippen LogP contribution in [0.1, 0.15) is 24.1 Å². The van der Waals surface area contributed by atoms with Gasteiger partial charge in [-0.15, -0.1) is 0 Å². The van der Waals surface area contributed by atoms with Crippen molar-refractivity contribution in [3.05, 3.63) is 90.1 Å². The van der Waals surface area contributed by atoms with Gasteiger partial charge in [0.15, 0.2) is 0 Å². The van der Waals surface area contributed by atoms with Crippen molar-refractivity contribution in [2.24, 2.45) is 0 Å². The number of rotatable bonds is 7. The maximum absolute atomic E-state index is 5.60. The van der Waals surface area contributed by atoms with Crippen LogP contribution in [-0.2, 0) is 6.54 Å². The molecule has 4 heteroatoms. The monoisotopic (exact) mass is 398 g/mol. The van der Waals surface area contributed by atoms with Crippen LogP contribution in [0.4, 0.5) is 0 Å². The molecule has 1 heterocycles. The summed E-state index contributed by atoms with van der Waals surface area (Å²) < 4.78 is 10.9. The van der Waals surface area contributed by atoms with Gasteiger partial charge < -0.3 is 14.8 Å². The summed E-state index contributed by atoms with van der Waals surface area (Å²) >= 11 is 0. The maximum atomic E-state index is 5.60. The van der Waals surface area contributed by atoms with E-state index in [1.54, 1.807) is 14.2 Å². The van der Waals surface area contributed by atoms with Gasteiger partial charge in [-0.3, -0.25) is 4.98 Å². The first-order valence-electron chi connectivity index (χ1n) is 10.1. The zero-order chi connectivity index (χ0) is 20.9. The molecule has 30 heavy (non-hydrogen) atoms. The van der Waals surface area contributed by atoms with Gasteiger partial charge in [0.2, 0.25) is 0 Å². The summed E-state index contributed by atoms with van der Waals surface area (Å²) in [6, 6.07) is 25.0. The van der Waals surface area contributed by atoms with Gasteiger partial charge in [0.1, 0.15) is 11.5 Å². The van der Waals surface area contributed by atoms with Crippen LogP contribution in [0.25, 0.3) is 22.0 Å². The molecule has 0 amide bonds. The molecule has 1 aromatic heterocycles. The Bertz CT molecular complexity index is 1130. The highest BCUT2D eigenvalue weighted by Crippen LogP contribution is 2.32. The number of nitrogens with zero attached hydrogens (tertiary/aromatic N) is 1. The van der Waals surface area contributed by atoms with Crippen molar-refractivity contribution in [2.75, 3.05) is 14.2 Å². The molecule has 0 aliphatic heterocycles. The lowest BCUT2D eigenvalue weighted by Gasteiger charge is -2.17. The number of hydrogen-bond acceptors (Lipinski definition) is 4. The molecule has 0 aliphatic carbocycles. The van der Waals surface area contributed by atoms with E-state index < -0.39 is 0 Å². The first-order chi connectivity index (χ1) is 14.7. The standard InChI is InChI=1S/C26H26N2O2/c1-18(22-6-4-8-25-23(22)7-5-15-27-25)28-17-19-9-14-26(30-3)24(16-19)20-10-12-21(29-2)13-11-20/h4-16,18,28H,17H2,1-3H3. The Balaban J connectivity index is 1.56. The minimum absolute atomic E-state index is 0.199. The van der Waals surface area contributed by atoms with Gasteiger partial charge in [0, 0.05) is 29.7 Å². The van der Waals surface area contributed by atoms with E-state index in [2.05, 4.69) is 65.8 Å². The highest BCUT2D eigenvalue weighted by atomic mass is 16.5. The summed E-state index contributed by atoms with van der Waals surface area (Å²) in [5.74, 6) is 1.70. The predicted octanol–water partition coefficient (Wildman–Crippen LogP) is 5.77. The lowest BCUT2D eigenvalue weighted by atomic mass is 10.0. The van der Waals surface area contributed by atoms with Crippen LogP contribution in [0.2, 0.25) is 0 Å². The summed E-state index contributed by atoms with van der Waals surface area (Å²) in [6.07, 6.45) is 1.84. The van der Waals surface area contributed by atoms with Crippen molar-refractivity contribution in [2.45, 2.75) is 19.5 Å². The average molecular weight is 399 g/mol. The molecule has 4 aromatic rings. The van der Waals surface area contributed by atoms with E-state index in [0.717, 1.165) is 34.7 Å². The molecule has 4 nitrogen and oxygen atoms in total. The zero-order valence-electron chi connectivity index (χ0n) is 17.6. The molecule has 0 aliphatic rings. The fourth-order valence-electron chi connectivity index (χ4n) is 3.75. The molecule has 1 unspecified atom stereocenters. The minimum atomic E-state index is 0.199. The van der Waals surface area contributed by atoms with Gasteiger partial charge >= 0.3 is 0 Å². The summed E-state index contributed by atoms with van der Waals surface area (Å²) in [5, 5.41) is 4.84. The van der Waals surface area contributed by atoms with Crippen LogP contribution in [0, 0.1) is 0 Å². The van der Waals surface area contributed by atoms with Crippen LogP contribution >= 0.6 is 0 Å². The summed E-state index contributed by atoms with van der Waals surface area (Å²) in [6.45, 7) is 2.95. The second kappa shape index (κ2) is 8.97. The fraction of sp³-hybridized carbons (Fsp3) is 0.192. The second-order valence-corrected chi connectivity index (χ2v) is 7.28. The lowest BCUT2D eigenvalue weighted by Crippen LogP contribution is -2.18. The Morgan fingerprint density at radius 3 is 2.50 bits per heavy atom. The molecular formula is C26H26N2O2. The number of methoxy groups -OCH3 is 2. The maximum Gasteiger partial charge on any atom is 0.126 e. The van der Waals surface area contributed by atoms with E-state index in [9.17, 15) is 0 Å². The van der Waals surface area contributed by atoms with E-state index in [1.807, 2.05) is 30.5 Å². The van der Waals surface area contributed by atoms with Gasteiger partial charge in [-0.2, -0.15) is 0 Å². The topological polar surface area (TPSA) is 43.4 Å². The fourth-order valence-corrected chi connectivity index (χ4v) is 3.75. The van der Waals surface area contributed by atoms with Crippen LogP contribution < -0.4 is 14.8 Å². The summed E-state index contributed by atoms with van der Waals surface area (Å²) in [5.41, 5.74) is 5.65. The van der Waals surface area contributed by atoms with Crippen molar-refractivity contribution in [3.8, 4) is 22.6 Å². The van der Waals surface area contributed by atoms with Crippen molar-refractivity contribution in [1.82, 2.24) is 10.3 Å². The third-order valence-corrected chi connectivity index (χ3v) is 5.42. The van der Waals surface area contributed by atoms with E-state index in [0.29, 0.717) is 0 Å². The Morgan fingerprint density at radius 1 is 0.900 bits per heavy atom. The van der Waals surface area contributed by atoms with Crippen molar-refractivity contribution >= 4 is 10.9 Å². The molecule has 1 atom stereocenters. The molecule has 0 bridgehead atoms. The van der Waals surface area contributed by atoms with Crippen LogP contribution in [0.3, 0.4) is 0 Å². The molecule has 3 aromatic carbocycles. The number of nitrogens with one attached hydrogen (secondary N) is 1. The third-order valence-electron chi connectivity index (χ3n) is 5.42. The van der Waals surface area contributed by atoms with Gasteiger partial charge in [0.25, 0.3) is 0 Å². The quantitative estimate of drug-likeness (QED) is 0.429. The number of pyridine rings is 1. The number of fused-ring (bicyclic) bond motifs is 1. The van der Waals surface area contributed by atoms with Crippen molar-refractivity contribution in [3.63, 3.8) is 0 Å².